The van der Waals surface area contributed by atoms with Gasteiger partial charge in [-0.15, -0.1) is 5.10 Å². The molecule has 2 heterocycles. The highest BCUT2D eigenvalue weighted by Crippen LogP contribution is 2.23. The van der Waals surface area contributed by atoms with Crippen molar-refractivity contribution in [2.24, 2.45) is 5.92 Å². The van der Waals surface area contributed by atoms with Crippen molar-refractivity contribution in [2.45, 2.75) is 46.1 Å². The van der Waals surface area contributed by atoms with Crippen LogP contribution in [0.3, 0.4) is 0 Å². The van der Waals surface area contributed by atoms with Gasteiger partial charge in [-0.2, -0.15) is 0 Å². The van der Waals surface area contributed by atoms with Crippen LogP contribution in [-0.4, -0.2) is 39.8 Å². The van der Waals surface area contributed by atoms with E-state index in [1.807, 2.05) is 25.1 Å². The number of piperidine rings is 1. The minimum Gasteiger partial charge on any atom is -0.345 e. The minimum atomic E-state index is -0.204. The van der Waals surface area contributed by atoms with Gasteiger partial charge < -0.3 is 10.6 Å². The molecule has 0 radical (unpaired) electrons. The number of aryl methyl sites for hydroxylation is 1. The van der Waals surface area contributed by atoms with Gasteiger partial charge in [0.15, 0.2) is 0 Å². The van der Waals surface area contributed by atoms with E-state index in [1.54, 1.807) is 4.68 Å². The van der Waals surface area contributed by atoms with Crippen molar-refractivity contribution in [3.05, 3.63) is 41.5 Å². The van der Waals surface area contributed by atoms with E-state index in [2.05, 4.69) is 47.6 Å². The Kier molecular flexibility index (Phi) is 5.18. The van der Waals surface area contributed by atoms with E-state index in [0.29, 0.717) is 17.7 Å². The van der Waals surface area contributed by atoms with E-state index in [9.17, 15) is 4.79 Å². The molecule has 1 aliphatic heterocycles. The van der Waals surface area contributed by atoms with Crippen molar-refractivity contribution in [3.8, 4) is 5.69 Å². The lowest BCUT2D eigenvalue weighted by molar-refractivity contribution is 0.0904. The summed E-state index contributed by atoms with van der Waals surface area (Å²) in [7, 11) is 0. The van der Waals surface area contributed by atoms with Gasteiger partial charge in [0.2, 0.25) is 5.82 Å². The van der Waals surface area contributed by atoms with Gasteiger partial charge in [0.1, 0.15) is 5.82 Å². The van der Waals surface area contributed by atoms with Gasteiger partial charge in [0.05, 0.1) is 5.69 Å². The number of carbonyl (C=O) groups is 1. The molecule has 6 heteroatoms. The summed E-state index contributed by atoms with van der Waals surface area (Å²) in [5, 5.41) is 10.9. The van der Waals surface area contributed by atoms with E-state index in [-0.39, 0.29) is 17.8 Å². The highest BCUT2D eigenvalue weighted by molar-refractivity contribution is 5.90. The zero-order chi connectivity index (χ0) is 18.0. The van der Waals surface area contributed by atoms with Crippen LogP contribution in [0.4, 0.5) is 0 Å². The van der Waals surface area contributed by atoms with Crippen molar-refractivity contribution >= 4 is 5.91 Å². The van der Waals surface area contributed by atoms with Gasteiger partial charge in [-0.3, -0.25) is 4.79 Å². The molecule has 0 saturated carbocycles. The molecule has 1 saturated heterocycles. The van der Waals surface area contributed by atoms with Crippen molar-refractivity contribution in [1.82, 2.24) is 25.4 Å². The molecule has 1 aliphatic rings. The highest BCUT2D eigenvalue weighted by Gasteiger charge is 2.25. The SMILES string of the molecule is Cc1nc(C(=O)NC2CNCCC2C)nn1-c1ccccc1C(C)C. The lowest BCUT2D eigenvalue weighted by Crippen LogP contribution is -2.50. The maximum absolute atomic E-state index is 12.6. The summed E-state index contributed by atoms with van der Waals surface area (Å²) in [4.78, 5) is 17.0. The first-order chi connectivity index (χ1) is 12.0. The second-order valence-corrected chi connectivity index (χ2v) is 7.16. The first-order valence-corrected chi connectivity index (χ1v) is 9.02. The number of rotatable bonds is 4. The third kappa shape index (κ3) is 3.74. The Morgan fingerprint density at radius 3 is 2.84 bits per heavy atom. The number of nitrogens with one attached hydrogen (secondary N) is 2. The number of hydrogen-bond donors (Lipinski definition) is 2. The maximum atomic E-state index is 12.6. The lowest BCUT2D eigenvalue weighted by atomic mass is 9.95. The molecule has 1 aromatic carbocycles. The fraction of sp³-hybridized carbons (Fsp3) is 0.526. The van der Waals surface area contributed by atoms with Crippen LogP contribution < -0.4 is 10.6 Å². The van der Waals surface area contributed by atoms with Crippen molar-refractivity contribution in [2.75, 3.05) is 13.1 Å². The van der Waals surface area contributed by atoms with Crippen LogP contribution in [0.25, 0.3) is 5.69 Å². The van der Waals surface area contributed by atoms with Crippen LogP contribution in [-0.2, 0) is 0 Å². The predicted octanol–water partition coefficient (Wildman–Crippen LogP) is 2.43. The molecule has 2 atom stereocenters. The molecule has 3 rings (SSSR count). The number of hydrogen-bond acceptors (Lipinski definition) is 4. The molecular formula is C19H27N5O. The highest BCUT2D eigenvalue weighted by atomic mass is 16.2. The molecule has 0 aliphatic carbocycles. The van der Waals surface area contributed by atoms with Crippen LogP contribution in [0.5, 0.6) is 0 Å². The molecule has 0 bridgehead atoms. The number of benzene rings is 1. The first kappa shape index (κ1) is 17.6. The fourth-order valence-electron chi connectivity index (χ4n) is 3.30. The van der Waals surface area contributed by atoms with Gasteiger partial charge in [0.25, 0.3) is 5.91 Å². The Labute approximate surface area is 149 Å². The number of nitrogens with zero attached hydrogens (tertiary/aromatic N) is 3. The second kappa shape index (κ2) is 7.35. The zero-order valence-electron chi connectivity index (χ0n) is 15.4. The number of aromatic nitrogens is 3. The van der Waals surface area contributed by atoms with Gasteiger partial charge in [-0.1, -0.05) is 39.0 Å². The monoisotopic (exact) mass is 341 g/mol. The molecule has 1 fully saturated rings. The van der Waals surface area contributed by atoms with Gasteiger partial charge in [-0.25, -0.2) is 9.67 Å². The van der Waals surface area contributed by atoms with Gasteiger partial charge in [0, 0.05) is 12.6 Å². The van der Waals surface area contributed by atoms with Gasteiger partial charge >= 0.3 is 0 Å². The van der Waals surface area contributed by atoms with Crippen LogP contribution in [0.2, 0.25) is 0 Å². The van der Waals surface area contributed by atoms with Crippen molar-refractivity contribution in [3.63, 3.8) is 0 Å². The molecule has 2 aromatic rings. The summed E-state index contributed by atoms with van der Waals surface area (Å²) in [5.41, 5.74) is 2.17. The Morgan fingerprint density at radius 2 is 2.12 bits per heavy atom. The molecule has 2 N–H and O–H groups in total. The van der Waals surface area contributed by atoms with E-state index < -0.39 is 0 Å². The number of para-hydroxylation sites is 1. The third-order valence-corrected chi connectivity index (χ3v) is 4.90. The summed E-state index contributed by atoms with van der Waals surface area (Å²) >= 11 is 0. The Balaban J connectivity index is 1.84. The summed E-state index contributed by atoms with van der Waals surface area (Å²) in [5.74, 6) is 1.56. The number of amides is 1. The minimum absolute atomic E-state index is 0.122. The van der Waals surface area contributed by atoms with Crippen LogP contribution in [0, 0.1) is 12.8 Å². The lowest BCUT2D eigenvalue weighted by Gasteiger charge is -2.29. The zero-order valence-corrected chi connectivity index (χ0v) is 15.4. The summed E-state index contributed by atoms with van der Waals surface area (Å²) in [6.07, 6.45) is 1.06. The maximum Gasteiger partial charge on any atom is 0.291 e. The van der Waals surface area contributed by atoms with Crippen molar-refractivity contribution in [1.29, 1.82) is 0 Å². The van der Waals surface area contributed by atoms with E-state index in [1.165, 1.54) is 5.56 Å². The third-order valence-electron chi connectivity index (χ3n) is 4.90. The van der Waals surface area contributed by atoms with Crippen molar-refractivity contribution < 1.29 is 4.79 Å². The van der Waals surface area contributed by atoms with E-state index in [0.717, 1.165) is 25.2 Å². The van der Waals surface area contributed by atoms with Crippen LogP contribution in [0.1, 0.15) is 55.1 Å². The average Bonchev–Trinajstić information content (AvgIpc) is 2.98. The van der Waals surface area contributed by atoms with E-state index >= 15 is 0 Å². The molecule has 25 heavy (non-hydrogen) atoms. The van der Waals surface area contributed by atoms with E-state index in [4.69, 9.17) is 0 Å². The van der Waals surface area contributed by atoms with Crippen LogP contribution >= 0.6 is 0 Å². The average molecular weight is 341 g/mol. The molecule has 1 aromatic heterocycles. The predicted molar refractivity (Wildman–Crippen MR) is 98.1 cm³/mol. The largest absolute Gasteiger partial charge is 0.345 e. The topological polar surface area (TPSA) is 71.8 Å². The first-order valence-electron chi connectivity index (χ1n) is 9.02. The molecule has 0 spiro atoms. The summed E-state index contributed by atoms with van der Waals surface area (Å²) < 4.78 is 1.77. The normalized spacial score (nSPS) is 20.7. The van der Waals surface area contributed by atoms with Crippen LogP contribution in [0.15, 0.2) is 24.3 Å². The second-order valence-electron chi connectivity index (χ2n) is 7.16. The Bertz CT molecular complexity index is 752. The fourth-order valence-corrected chi connectivity index (χ4v) is 3.30. The molecule has 134 valence electrons. The quantitative estimate of drug-likeness (QED) is 0.896. The summed E-state index contributed by atoms with van der Waals surface area (Å²) in [6.45, 7) is 10.1. The van der Waals surface area contributed by atoms with Gasteiger partial charge in [-0.05, 0) is 43.4 Å². The smallest absolute Gasteiger partial charge is 0.291 e. The Morgan fingerprint density at radius 1 is 1.36 bits per heavy atom. The summed E-state index contributed by atoms with van der Waals surface area (Å²) in [6, 6.07) is 8.24. The standard InChI is InChI=1S/C19H27N5O/c1-12(2)15-7-5-6-8-17(15)24-14(4)21-18(23-24)19(25)22-16-11-20-10-9-13(16)3/h5-8,12-13,16,20H,9-11H2,1-4H3,(H,22,25). The molecule has 1 amide bonds. The molecular weight excluding hydrogens is 314 g/mol. The molecule has 6 nitrogen and oxygen atoms in total. The number of carbonyl (C=O) groups excluding carboxylic acids is 1. The Hall–Kier alpha value is -2.21. The molecule has 2 unspecified atom stereocenters.